The first-order valence-corrected chi connectivity index (χ1v) is 9.42. The molecule has 0 aliphatic carbocycles. The maximum absolute atomic E-state index is 13.8. The van der Waals surface area contributed by atoms with Crippen molar-refractivity contribution in [3.8, 4) is 0 Å². The summed E-state index contributed by atoms with van der Waals surface area (Å²) in [6, 6.07) is 1.34. The highest BCUT2D eigenvalue weighted by molar-refractivity contribution is 9.10. The number of anilines is 1. The molecule has 160 valence electrons. The fourth-order valence-corrected chi connectivity index (χ4v) is 3.06. The first-order valence-electron chi connectivity index (χ1n) is 8.63. The Bertz CT molecular complexity index is 1100. The molecule has 3 aromatic rings. The molecule has 12 heteroatoms. The van der Waals surface area contributed by atoms with Crippen LogP contribution in [-0.4, -0.2) is 25.5 Å². The van der Waals surface area contributed by atoms with Crippen molar-refractivity contribution in [2.75, 3.05) is 5.32 Å². The zero-order valence-corrected chi connectivity index (χ0v) is 17.3. The van der Waals surface area contributed by atoms with Gasteiger partial charge in [-0.1, -0.05) is 0 Å². The molecule has 0 aliphatic heterocycles. The van der Waals surface area contributed by atoms with Gasteiger partial charge in [0.2, 0.25) is 11.7 Å². The molecule has 0 aliphatic rings. The minimum absolute atomic E-state index is 0.0680. The van der Waals surface area contributed by atoms with Gasteiger partial charge in [0, 0.05) is 24.4 Å². The number of hydrogen-bond acceptors (Lipinski definition) is 3. The van der Waals surface area contributed by atoms with Crippen molar-refractivity contribution in [3.05, 3.63) is 62.8 Å². The average Bonchev–Trinajstić information content (AvgIpc) is 3.25. The van der Waals surface area contributed by atoms with Crippen molar-refractivity contribution in [1.29, 1.82) is 0 Å². The van der Waals surface area contributed by atoms with Gasteiger partial charge >= 0.3 is 0 Å². The number of nitrogens with zero attached hydrogens (tertiary/aromatic N) is 4. The highest BCUT2D eigenvalue weighted by Crippen LogP contribution is 2.24. The van der Waals surface area contributed by atoms with E-state index in [1.165, 1.54) is 12.3 Å². The maximum atomic E-state index is 13.8. The Morgan fingerprint density at radius 3 is 2.20 bits per heavy atom. The number of rotatable bonds is 6. The van der Waals surface area contributed by atoms with Crippen molar-refractivity contribution in [2.45, 2.75) is 33.4 Å². The highest BCUT2D eigenvalue weighted by atomic mass is 79.9. The first-order chi connectivity index (χ1) is 14.1. The standard InChI is InChI=1S/C18H15BrF5N5O/c1-8-13(19)9(2)29(26-8)6-4-12(30)25-11-3-5-28(27-11)7-10-14(20)16(22)18(24)17(23)15(10)21/h3,5H,4,6-7H2,1-2H3,(H,25,27,30). The van der Waals surface area contributed by atoms with Crippen LogP contribution in [0.25, 0.3) is 0 Å². The number of carbonyl (C=O) groups is 1. The van der Waals surface area contributed by atoms with E-state index in [0.29, 0.717) is 6.54 Å². The summed E-state index contributed by atoms with van der Waals surface area (Å²) in [4.78, 5) is 12.1. The number of aromatic nitrogens is 4. The molecule has 0 saturated heterocycles. The van der Waals surface area contributed by atoms with E-state index in [4.69, 9.17) is 0 Å². The van der Waals surface area contributed by atoms with Crippen molar-refractivity contribution >= 4 is 27.7 Å². The van der Waals surface area contributed by atoms with Gasteiger partial charge in [0.15, 0.2) is 29.1 Å². The van der Waals surface area contributed by atoms with E-state index in [0.717, 1.165) is 20.5 Å². The molecule has 1 amide bonds. The Labute approximate surface area is 175 Å². The third kappa shape index (κ3) is 4.23. The fraction of sp³-hybridized carbons (Fsp3) is 0.278. The van der Waals surface area contributed by atoms with Gasteiger partial charge in [-0.05, 0) is 29.8 Å². The van der Waals surface area contributed by atoms with Crippen LogP contribution in [-0.2, 0) is 17.9 Å². The van der Waals surface area contributed by atoms with Crippen molar-refractivity contribution in [3.63, 3.8) is 0 Å². The van der Waals surface area contributed by atoms with Crippen molar-refractivity contribution < 1.29 is 26.7 Å². The van der Waals surface area contributed by atoms with E-state index < -0.39 is 41.2 Å². The molecule has 0 unspecified atom stereocenters. The topological polar surface area (TPSA) is 64.7 Å². The highest BCUT2D eigenvalue weighted by Gasteiger charge is 2.26. The largest absolute Gasteiger partial charge is 0.309 e. The van der Waals surface area contributed by atoms with Crippen LogP contribution in [0.5, 0.6) is 0 Å². The van der Waals surface area contributed by atoms with Gasteiger partial charge in [0.1, 0.15) is 0 Å². The number of amides is 1. The lowest BCUT2D eigenvalue weighted by atomic mass is 10.1. The zero-order chi connectivity index (χ0) is 22.2. The van der Waals surface area contributed by atoms with E-state index in [2.05, 4.69) is 31.4 Å². The molecule has 2 aromatic heterocycles. The fourth-order valence-electron chi connectivity index (χ4n) is 2.77. The summed E-state index contributed by atoms with van der Waals surface area (Å²) >= 11 is 3.40. The minimum Gasteiger partial charge on any atom is -0.309 e. The smallest absolute Gasteiger partial charge is 0.227 e. The summed E-state index contributed by atoms with van der Waals surface area (Å²) in [6.07, 6.45) is 1.32. The molecule has 2 heterocycles. The van der Waals surface area contributed by atoms with E-state index in [1.807, 2.05) is 13.8 Å². The van der Waals surface area contributed by atoms with Crippen LogP contribution in [0.3, 0.4) is 0 Å². The van der Waals surface area contributed by atoms with Crippen molar-refractivity contribution in [1.82, 2.24) is 19.6 Å². The Morgan fingerprint density at radius 2 is 1.63 bits per heavy atom. The van der Waals surface area contributed by atoms with E-state index in [9.17, 15) is 26.7 Å². The molecule has 6 nitrogen and oxygen atoms in total. The number of nitrogens with one attached hydrogen (secondary N) is 1. The molecule has 0 spiro atoms. The minimum atomic E-state index is -2.23. The zero-order valence-electron chi connectivity index (χ0n) is 15.7. The molecular formula is C18H15BrF5N5O. The van der Waals surface area contributed by atoms with Gasteiger partial charge < -0.3 is 5.32 Å². The summed E-state index contributed by atoms with van der Waals surface area (Å²) < 4.78 is 70.8. The molecule has 30 heavy (non-hydrogen) atoms. The van der Waals surface area contributed by atoms with Crippen LogP contribution in [0, 0.1) is 42.9 Å². The number of carbonyl (C=O) groups excluding carboxylic acids is 1. The van der Waals surface area contributed by atoms with Gasteiger partial charge in [-0.3, -0.25) is 14.2 Å². The lowest BCUT2D eigenvalue weighted by Crippen LogP contribution is -2.16. The Hall–Kier alpha value is -2.76. The van der Waals surface area contributed by atoms with Crippen molar-refractivity contribution in [2.24, 2.45) is 0 Å². The molecule has 0 radical (unpaired) electrons. The van der Waals surface area contributed by atoms with Gasteiger partial charge in [0.25, 0.3) is 0 Å². The van der Waals surface area contributed by atoms with Gasteiger partial charge in [-0.15, -0.1) is 0 Å². The number of aryl methyl sites for hydroxylation is 2. The average molecular weight is 492 g/mol. The summed E-state index contributed by atoms with van der Waals surface area (Å²) in [6.45, 7) is 3.28. The second-order valence-corrected chi connectivity index (χ2v) is 7.25. The molecule has 0 atom stereocenters. The van der Waals surface area contributed by atoms with Gasteiger partial charge in [-0.25, -0.2) is 22.0 Å². The van der Waals surface area contributed by atoms with Crippen LogP contribution >= 0.6 is 15.9 Å². The molecule has 0 fully saturated rings. The van der Waals surface area contributed by atoms with Crippen LogP contribution in [0.2, 0.25) is 0 Å². The van der Waals surface area contributed by atoms with Gasteiger partial charge in [0.05, 0.1) is 28.8 Å². The summed E-state index contributed by atoms with van der Waals surface area (Å²) in [5, 5.41) is 10.7. The monoisotopic (exact) mass is 491 g/mol. The third-order valence-corrected chi connectivity index (χ3v) is 5.52. The second-order valence-electron chi connectivity index (χ2n) is 6.45. The molecule has 0 saturated carbocycles. The first kappa shape index (κ1) is 21.9. The Morgan fingerprint density at radius 1 is 1.03 bits per heavy atom. The number of halogens is 6. The van der Waals surface area contributed by atoms with Crippen LogP contribution in [0.4, 0.5) is 27.8 Å². The summed E-state index contributed by atoms with van der Waals surface area (Å²) in [7, 11) is 0. The second kappa shape index (κ2) is 8.54. The molecular weight excluding hydrogens is 477 g/mol. The molecule has 0 bridgehead atoms. The third-order valence-electron chi connectivity index (χ3n) is 4.37. The Kier molecular flexibility index (Phi) is 6.25. The van der Waals surface area contributed by atoms with Crippen LogP contribution < -0.4 is 5.32 Å². The van der Waals surface area contributed by atoms with Crippen LogP contribution in [0.15, 0.2) is 16.7 Å². The maximum Gasteiger partial charge on any atom is 0.227 e. The predicted molar refractivity (Wildman–Crippen MR) is 100 cm³/mol. The van der Waals surface area contributed by atoms with E-state index >= 15 is 0 Å². The van der Waals surface area contributed by atoms with E-state index in [-0.39, 0.29) is 18.1 Å². The molecule has 1 aromatic carbocycles. The van der Waals surface area contributed by atoms with E-state index in [1.54, 1.807) is 4.68 Å². The van der Waals surface area contributed by atoms with Crippen LogP contribution in [0.1, 0.15) is 23.4 Å². The summed E-state index contributed by atoms with van der Waals surface area (Å²) in [5.41, 5.74) is 0.634. The normalized spacial score (nSPS) is 11.2. The summed E-state index contributed by atoms with van der Waals surface area (Å²) in [5.74, 6) is -10.5. The van der Waals surface area contributed by atoms with Gasteiger partial charge in [-0.2, -0.15) is 10.2 Å². The SMILES string of the molecule is Cc1nn(CCC(=O)Nc2ccn(Cc3c(F)c(F)c(F)c(F)c3F)n2)c(C)c1Br. The Balaban J connectivity index is 1.66. The molecule has 3 rings (SSSR count). The number of hydrogen-bond donors (Lipinski definition) is 1. The molecule has 1 N–H and O–H groups in total. The predicted octanol–water partition coefficient (Wildman–Crippen LogP) is 4.23. The number of benzene rings is 1. The lowest BCUT2D eigenvalue weighted by Gasteiger charge is -2.08. The quantitative estimate of drug-likeness (QED) is 0.318. The lowest BCUT2D eigenvalue weighted by molar-refractivity contribution is -0.116.